The van der Waals surface area contributed by atoms with Crippen LogP contribution in [0.25, 0.3) is 11.1 Å². The van der Waals surface area contributed by atoms with Crippen molar-refractivity contribution in [1.82, 2.24) is 5.32 Å². The quantitative estimate of drug-likeness (QED) is 0.348. The van der Waals surface area contributed by atoms with Crippen molar-refractivity contribution in [1.29, 1.82) is 0 Å². The largest absolute Gasteiger partial charge is 1.00 e. The Morgan fingerprint density at radius 3 is 2.49 bits per heavy atom. The van der Waals surface area contributed by atoms with Gasteiger partial charge in [-0.05, 0) is 78.5 Å². The molecule has 0 radical (unpaired) electrons. The molecule has 1 aliphatic rings. The smallest absolute Gasteiger partial charge is 0.548 e. The molecule has 39 heavy (non-hydrogen) atoms. The molecule has 3 rings (SSSR count). The minimum atomic E-state index is -1.26. The number of nitrogens with one attached hydrogen (secondary N) is 1. The van der Waals surface area contributed by atoms with Crippen molar-refractivity contribution in [3.63, 3.8) is 0 Å². The fourth-order valence-corrected chi connectivity index (χ4v) is 5.88. The Bertz CT molecular complexity index is 1040. The number of unbranched alkanes of at least 4 members (excludes halogenated alkanes) is 1. The van der Waals surface area contributed by atoms with Crippen molar-refractivity contribution in [2.24, 2.45) is 5.92 Å². The van der Waals surface area contributed by atoms with Gasteiger partial charge < -0.3 is 20.0 Å². The van der Waals surface area contributed by atoms with E-state index in [0.717, 1.165) is 47.4 Å². The monoisotopic (exact) mass is 545 g/mol. The molecule has 1 fully saturated rings. The molecule has 7 heteroatoms. The maximum atomic E-state index is 13.3. The molecule has 1 saturated carbocycles. The zero-order chi connectivity index (χ0) is 27.3. The molecule has 208 valence electrons. The second-order valence-electron chi connectivity index (χ2n) is 10.6. The van der Waals surface area contributed by atoms with Crippen LogP contribution in [0.15, 0.2) is 42.5 Å². The van der Waals surface area contributed by atoms with Crippen LogP contribution >= 0.6 is 11.8 Å². The van der Waals surface area contributed by atoms with E-state index in [0.29, 0.717) is 24.3 Å². The third-order valence-corrected chi connectivity index (χ3v) is 8.29. The van der Waals surface area contributed by atoms with Gasteiger partial charge in [0, 0.05) is 5.56 Å². The van der Waals surface area contributed by atoms with Crippen LogP contribution in [-0.2, 0) is 16.1 Å². The number of hydrogen-bond acceptors (Lipinski definition) is 5. The Balaban J connectivity index is 0.00000533. The minimum absolute atomic E-state index is 0. The second kappa shape index (κ2) is 17.9. The molecule has 0 heterocycles. The van der Waals surface area contributed by atoms with Crippen LogP contribution in [0.3, 0.4) is 0 Å². The van der Waals surface area contributed by atoms with Crippen LogP contribution in [0.4, 0.5) is 0 Å². The average Bonchev–Trinajstić information content (AvgIpc) is 2.93. The molecule has 0 bridgehead atoms. The molecule has 2 aromatic rings. The predicted octanol–water partition coefficient (Wildman–Crippen LogP) is 3.31. The van der Waals surface area contributed by atoms with Gasteiger partial charge in [0.1, 0.15) is 0 Å². The zero-order valence-corrected chi connectivity index (χ0v) is 25.1. The van der Waals surface area contributed by atoms with Gasteiger partial charge in [0.25, 0.3) is 5.91 Å². The van der Waals surface area contributed by atoms with Crippen LogP contribution < -0.4 is 29.3 Å². The normalized spacial score (nSPS) is 15.3. The first-order valence-electron chi connectivity index (χ1n) is 14.2. The van der Waals surface area contributed by atoms with Gasteiger partial charge in [0.2, 0.25) is 0 Å². The zero-order valence-electron chi connectivity index (χ0n) is 24.3. The van der Waals surface area contributed by atoms with E-state index in [2.05, 4.69) is 12.2 Å². The molecule has 2 aromatic carbocycles. The maximum absolute atomic E-state index is 13.3. The van der Waals surface area contributed by atoms with Crippen molar-refractivity contribution >= 4 is 23.6 Å². The molecule has 5 nitrogen and oxygen atoms in total. The van der Waals surface area contributed by atoms with Gasteiger partial charge in [0.05, 0.1) is 24.7 Å². The first-order chi connectivity index (χ1) is 18.4. The number of carboxylic acid groups (broad SMARTS) is 1. The maximum Gasteiger partial charge on any atom is 1.00 e. The summed E-state index contributed by atoms with van der Waals surface area (Å²) in [6.07, 6.45) is 13.7. The first kappa shape index (κ1) is 33.5. The van der Waals surface area contributed by atoms with E-state index in [9.17, 15) is 14.7 Å². The van der Waals surface area contributed by atoms with Crippen LogP contribution in [0, 0.1) is 12.8 Å². The van der Waals surface area contributed by atoms with Gasteiger partial charge >= 0.3 is 18.9 Å². The molecule has 1 aliphatic carbocycles. The van der Waals surface area contributed by atoms with E-state index in [1.165, 1.54) is 38.5 Å². The Kier molecular flexibility index (Phi) is 15.3. The van der Waals surface area contributed by atoms with Gasteiger partial charge in [-0.15, -0.1) is 0 Å². The van der Waals surface area contributed by atoms with Crippen LogP contribution in [0.5, 0.6) is 0 Å². The number of hydrogen-bond donors (Lipinski definition) is 1. The van der Waals surface area contributed by atoms with Crippen LogP contribution in [-0.4, -0.2) is 36.0 Å². The van der Waals surface area contributed by atoms with Crippen molar-refractivity contribution in [2.75, 3.05) is 12.0 Å². The van der Waals surface area contributed by atoms with E-state index in [1.54, 1.807) is 17.8 Å². The van der Waals surface area contributed by atoms with Gasteiger partial charge in [-0.25, -0.2) is 0 Å². The summed E-state index contributed by atoms with van der Waals surface area (Å²) >= 11 is 1.54. The Morgan fingerprint density at radius 1 is 1.08 bits per heavy atom. The SMILES string of the molecule is CCCC[C@H](CC1CCCCC1)OCc1ccc(C(=O)N[C@@H](CCSC)C(=O)[O-])c(-c2ccccc2C)c1.[Li+]. The Morgan fingerprint density at radius 2 is 1.82 bits per heavy atom. The van der Waals surface area contributed by atoms with Crippen LogP contribution in [0.1, 0.15) is 92.6 Å². The standard InChI is InChI=1S/C32H45NO4S.Li/c1-4-5-14-26(20-24-12-7-6-8-13-24)37-22-25-16-17-28(29(21-25)27-15-10-9-11-23(27)2)31(34)33-30(32(35)36)18-19-38-3;/h9-11,15-17,21,24,26,30H,4-8,12-14,18-20,22H2,1-3H3,(H,33,34)(H,35,36);/q;+1/p-1/t26-,30+;/m1./s1. The number of aryl methyl sites for hydroxylation is 1. The number of carbonyl (C=O) groups excluding carboxylic acids is 2. The summed E-state index contributed by atoms with van der Waals surface area (Å²) in [4.78, 5) is 25.0. The predicted molar refractivity (Wildman–Crippen MR) is 155 cm³/mol. The van der Waals surface area contributed by atoms with Crippen molar-refractivity contribution in [3.8, 4) is 11.1 Å². The fraction of sp³-hybridized carbons (Fsp3) is 0.562. The molecular weight excluding hydrogens is 501 g/mol. The van der Waals surface area contributed by atoms with Gasteiger partial charge in [-0.2, -0.15) is 11.8 Å². The molecule has 0 unspecified atom stereocenters. The van der Waals surface area contributed by atoms with E-state index >= 15 is 0 Å². The van der Waals surface area contributed by atoms with E-state index in [1.807, 2.05) is 49.6 Å². The summed E-state index contributed by atoms with van der Waals surface area (Å²) in [6, 6.07) is 12.7. The summed E-state index contributed by atoms with van der Waals surface area (Å²) in [7, 11) is 0. The number of ether oxygens (including phenoxy) is 1. The number of carboxylic acids is 1. The van der Waals surface area contributed by atoms with Crippen molar-refractivity contribution in [2.45, 2.75) is 96.8 Å². The molecule has 1 amide bonds. The van der Waals surface area contributed by atoms with E-state index < -0.39 is 17.9 Å². The topological polar surface area (TPSA) is 78.5 Å². The Labute approximate surface area is 251 Å². The molecule has 0 aliphatic heterocycles. The Hall–Kier alpha value is -1.71. The molecular formula is C32H44LiNO4S. The summed E-state index contributed by atoms with van der Waals surface area (Å²) in [5, 5.41) is 14.3. The van der Waals surface area contributed by atoms with Crippen LogP contribution in [0.2, 0.25) is 0 Å². The number of benzene rings is 2. The third kappa shape index (κ3) is 10.7. The van der Waals surface area contributed by atoms with Crippen molar-refractivity contribution in [3.05, 3.63) is 59.2 Å². The number of carbonyl (C=O) groups is 2. The van der Waals surface area contributed by atoms with Gasteiger partial charge in [0.15, 0.2) is 0 Å². The summed E-state index contributed by atoms with van der Waals surface area (Å²) in [6.45, 7) is 4.74. The summed E-state index contributed by atoms with van der Waals surface area (Å²) < 4.78 is 6.51. The molecule has 1 N–H and O–H groups in total. The summed E-state index contributed by atoms with van der Waals surface area (Å²) in [5.41, 5.74) is 4.28. The second-order valence-corrected chi connectivity index (χ2v) is 11.6. The fourth-order valence-electron chi connectivity index (χ4n) is 5.41. The minimum Gasteiger partial charge on any atom is -0.548 e. The number of rotatable bonds is 15. The molecule has 0 spiro atoms. The number of amides is 1. The number of thioether (sulfide) groups is 1. The average molecular weight is 546 g/mol. The number of aliphatic carboxylic acids is 1. The molecule has 2 atom stereocenters. The van der Waals surface area contributed by atoms with E-state index in [-0.39, 0.29) is 25.0 Å². The molecule has 0 aromatic heterocycles. The molecule has 0 saturated heterocycles. The van der Waals surface area contributed by atoms with Gasteiger partial charge in [-0.3, -0.25) is 4.79 Å². The third-order valence-electron chi connectivity index (χ3n) is 7.65. The summed E-state index contributed by atoms with van der Waals surface area (Å²) in [5.74, 6) is -0.267. The van der Waals surface area contributed by atoms with Crippen molar-refractivity contribution < 1.29 is 38.3 Å². The van der Waals surface area contributed by atoms with Gasteiger partial charge in [-0.1, -0.05) is 82.2 Å². The van der Waals surface area contributed by atoms with E-state index in [4.69, 9.17) is 4.74 Å². The first-order valence-corrected chi connectivity index (χ1v) is 15.6.